The second-order valence-corrected chi connectivity index (χ2v) is 5.49. The average Bonchev–Trinajstić information content (AvgIpc) is 2.85. The maximum absolute atomic E-state index is 10.8. The molecule has 6 heteroatoms. The lowest BCUT2D eigenvalue weighted by atomic mass is 10.1. The SMILES string of the molecule is Cc1nnc(SCC(=O)O)n1-c1cccc2ccccc12. The molecule has 0 aliphatic heterocycles. The molecule has 3 aromatic rings. The van der Waals surface area contributed by atoms with Gasteiger partial charge in [-0.05, 0) is 18.4 Å². The zero-order valence-corrected chi connectivity index (χ0v) is 12.2. The lowest BCUT2D eigenvalue weighted by Gasteiger charge is -2.11. The molecule has 0 aliphatic rings. The van der Waals surface area contributed by atoms with E-state index in [0.29, 0.717) is 5.16 Å². The van der Waals surface area contributed by atoms with E-state index in [1.807, 2.05) is 54.0 Å². The molecular formula is C15H13N3O2S. The van der Waals surface area contributed by atoms with E-state index in [1.165, 1.54) is 11.8 Å². The first kappa shape index (κ1) is 13.6. The fourth-order valence-corrected chi connectivity index (χ4v) is 2.95. The van der Waals surface area contributed by atoms with E-state index < -0.39 is 5.97 Å². The van der Waals surface area contributed by atoms with E-state index in [4.69, 9.17) is 5.11 Å². The van der Waals surface area contributed by atoms with Gasteiger partial charge in [-0.2, -0.15) is 0 Å². The molecule has 0 spiro atoms. The van der Waals surface area contributed by atoms with Crippen molar-refractivity contribution in [3.05, 3.63) is 48.3 Å². The van der Waals surface area contributed by atoms with Crippen LogP contribution >= 0.6 is 11.8 Å². The molecule has 106 valence electrons. The van der Waals surface area contributed by atoms with Gasteiger partial charge >= 0.3 is 5.97 Å². The zero-order chi connectivity index (χ0) is 14.8. The Bertz CT molecular complexity index is 808. The summed E-state index contributed by atoms with van der Waals surface area (Å²) in [6.07, 6.45) is 0. The summed E-state index contributed by atoms with van der Waals surface area (Å²) >= 11 is 1.17. The number of fused-ring (bicyclic) bond motifs is 1. The lowest BCUT2D eigenvalue weighted by molar-refractivity contribution is -0.133. The topological polar surface area (TPSA) is 68.0 Å². The number of aryl methyl sites for hydroxylation is 1. The Kier molecular flexibility index (Phi) is 3.62. The second kappa shape index (κ2) is 5.57. The largest absolute Gasteiger partial charge is 0.481 e. The highest BCUT2D eigenvalue weighted by atomic mass is 32.2. The molecule has 0 unspecified atom stereocenters. The van der Waals surface area contributed by atoms with Gasteiger partial charge in [0, 0.05) is 5.39 Å². The van der Waals surface area contributed by atoms with Crippen molar-refractivity contribution in [3.63, 3.8) is 0 Å². The summed E-state index contributed by atoms with van der Waals surface area (Å²) in [5.41, 5.74) is 0.962. The normalized spacial score (nSPS) is 10.9. The number of benzene rings is 2. The molecule has 21 heavy (non-hydrogen) atoms. The van der Waals surface area contributed by atoms with Gasteiger partial charge in [0.25, 0.3) is 0 Å². The van der Waals surface area contributed by atoms with Crippen LogP contribution in [0.15, 0.2) is 47.6 Å². The summed E-state index contributed by atoms with van der Waals surface area (Å²) < 4.78 is 1.90. The Labute approximate surface area is 125 Å². The third-order valence-electron chi connectivity index (χ3n) is 3.13. The molecule has 0 saturated heterocycles. The van der Waals surface area contributed by atoms with Gasteiger partial charge in [-0.1, -0.05) is 48.2 Å². The highest BCUT2D eigenvalue weighted by Gasteiger charge is 2.14. The summed E-state index contributed by atoms with van der Waals surface area (Å²) in [6, 6.07) is 14.1. The molecular weight excluding hydrogens is 286 g/mol. The number of nitrogens with zero attached hydrogens (tertiary/aromatic N) is 3. The third kappa shape index (κ3) is 2.62. The van der Waals surface area contributed by atoms with Gasteiger partial charge in [0.15, 0.2) is 5.16 Å². The monoisotopic (exact) mass is 299 g/mol. The quantitative estimate of drug-likeness (QED) is 0.750. The number of aromatic nitrogens is 3. The van der Waals surface area contributed by atoms with Crippen molar-refractivity contribution >= 4 is 28.5 Å². The summed E-state index contributed by atoms with van der Waals surface area (Å²) in [7, 11) is 0. The molecule has 1 N–H and O–H groups in total. The van der Waals surface area contributed by atoms with Crippen LogP contribution in [0.5, 0.6) is 0 Å². The Hall–Kier alpha value is -2.34. The standard InChI is InChI=1S/C15H13N3O2S/c1-10-16-17-15(21-9-14(19)20)18(10)13-8-4-6-11-5-2-3-7-12(11)13/h2-8H,9H2,1H3,(H,19,20). The smallest absolute Gasteiger partial charge is 0.313 e. The number of hydrogen-bond acceptors (Lipinski definition) is 4. The van der Waals surface area contributed by atoms with E-state index in [-0.39, 0.29) is 5.75 Å². The fraction of sp³-hybridized carbons (Fsp3) is 0.133. The van der Waals surface area contributed by atoms with E-state index in [1.54, 1.807) is 0 Å². The van der Waals surface area contributed by atoms with Crippen LogP contribution < -0.4 is 0 Å². The van der Waals surface area contributed by atoms with Crippen molar-refractivity contribution in [1.82, 2.24) is 14.8 Å². The Morgan fingerprint density at radius 1 is 1.19 bits per heavy atom. The number of carboxylic acids is 1. The Balaban J connectivity index is 2.14. The number of carboxylic acid groups (broad SMARTS) is 1. The summed E-state index contributed by atoms with van der Waals surface area (Å²) in [6.45, 7) is 1.86. The molecule has 0 fully saturated rings. The van der Waals surface area contributed by atoms with Gasteiger partial charge in [0.1, 0.15) is 5.82 Å². The van der Waals surface area contributed by atoms with Gasteiger partial charge in [-0.15, -0.1) is 10.2 Å². The van der Waals surface area contributed by atoms with Crippen LogP contribution in [0.4, 0.5) is 0 Å². The van der Waals surface area contributed by atoms with Gasteiger partial charge in [-0.3, -0.25) is 9.36 Å². The molecule has 0 amide bonds. The molecule has 1 aromatic heterocycles. The second-order valence-electron chi connectivity index (χ2n) is 4.55. The molecule has 1 heterocycles. The van der Waals surface area contributed by atoms with E-state index in [0.717, 1.165) is 22.3 Å². The minimum atomic E-state index is -0.870. The Morgan fingerprint density at radius 2 is 1.95 bits per heavy atom. The number of thioether (sulfide) groups is 1. The van der Waals surface area contributed by atoms with Crippen LogP contribution in [0.2, 0.25) is 0 Å². The summed E-state index contributed by atoms with van der Waals surface area (Å²) in [5.74, 6) is -0.174. The highest BCUT2D eigenvalue weighted by Crippen LogP contribution is 2.27. The van der Waals surface area contributed by atoms with Crippen LogP contribution in [0.3, 0.4) is 0 Å². The van der Waals surface area contributed by atoms with E-state index in [9.17, 15) is 4.79 Å². The van der Waals surface area contributed by atoms with Crippen molar-refractivity contribution < 1.29 is 9.90 Å². The van der Waals surface area contributed by atoms with E-state index in [2.05, 4.69) is 10.2 Å². The van der Waals surface area contributed by atoms with Gasteiger partial charge < -0.3 is 5.11 Å². The van der Waals surface area contributed by atoms with E-state index >= 15 is 0 Å². The average molecular weight is 299 g/mol. The van der Waals surface area contributed by atoms with Crippen molar-refractivity contribution in [2.45, 2.75) is 12.1 Å². The summed E-state index contributed by atoms with van der Waals surface area (Å²) in [5, 5.41) is 19.8. The molecule has 0 saturated carbocycles. The maximum Gasteiger partial charge on any atom is 0.313 e. The molecule has 2 aromatic carbocycles. The molecule has 0 atom stereocenters. The first-order valence-corrected chi connectivity index (χ1v) is 7.40. The predicted molar refractivity (Wildman–Crippen MR) is 82.0 cm³/mol. The number of aliphatic carboxylic acids is 1. The molecule has 0 radical (unpaired) electrons. The molecule has 3 rings (SSSR count). The number of hydrogen-bond donors (Lipinski definition) is 1. The van der Waals surface area contributed by atoms with Crippen LogP contribution in [0.1, 0.15) is 5.82 Å². The third-order valence-corrected chi connectivity index (χ3v) is 4.04. The fourth-order valence-electron chi connectivity index (χ4n) is 2.24. The molecule has 5 nitrogen and oxygen atoms in total. The van der Waals surface area contributed by atoms with Gasteiger partial charge in [-0.25, -0.2) is 0 Å². The zero-order valence-electron chi connectivity index (χ0n) is 11.4. The number of rotatable bonds is 4. The summed E-state index contributed by atoms with van der Waals surface area (Å²) in [4.78, 5) is 10.8. The van der Waals surface area contributed by atoms with Crippen LogP contribution in [0, 0.1) is 6.92 Å². The molecule has 0 bridgehead atoms. The van der Waals surface area contributed by atoms with Crippen LogP contribution in [0.25, 0.3) is 16.5 Å². The first-order valence-electron chi connectivity index (χ1n) is 6.41. The van der Waals surface area contributed by atoms with Crippen molar-refractivity contribution in [2.24, 2.45) is 0 Å². The highest BCUT2D eigenvalue weighted by molar-refractivity contribution is 7.99. The minimum Gasteiger partial charge on any atom is -0.481 e. The minimum absolute atomic E-state index is 0.0388. The lowest BCUT2D eigenvalue weighted by Crippen LogP contribution is -2.03. The van der Waals surface area contributed by atoms with Crippen molar-refractivity contribution in [2.75, 3.05) is 5.75 Å². The maximum atomic E-state index is 10.8. The van der Waals surface area contributed by atoms with Crippen molar-refractivity contribution in [1.29, 1.82) is 0 Å². The predicted octanol–water partition coefficient (Wildman–Crippen LogP) is 2.91. The molecule has 0 aliphatic carbocycles. The Morgan fingerprint density at radius 3 is 2.76 bits per heavy atom. The first-order chi connectivity index (χ1) is 10.2. The van der Waals surface area contributed by atoms with Gasteiger partial charge in [0.05, 0.1) is 11.4 Å². The van der Waals surface area contributed by atoms with Crippen LogP contribution in [-0.2, 0) is 4.79 Å². The van der Waals surface area contributed by atoms with Gasteiger partial charge in [0.2, 0.25) is 0 Å². The van der Waals surface area contributed by atoms with Crippen LogP contribution in [-0.4, -0.2) is 31.6 Å². The van der Waals surface area contributed by atoms with Crippen molar-refractivity contribution in [3.8, 4) is 5.69 Å². The number of carbonyl (C=O) groups is 1.